The first-order chi connectivity index (χ1) is 14.7. The van der Waals surface area contributed by atoms with Gasteiger partial charge in [0.1, 0.15) is 0 Å². The number of hydrogen-bond donors (Lipinski definition) is 2. The van der Waals surface area contributed by atoms with E-state index in [9.17, 15) is 10.1 Å². The maximum absolute atomic E-state index is 10.8. The molecule has 30 heavy (non-hydrogen) atoms. The van der Waals surface area contributed by atoms with E-state index in [4.69, 9.17) is 0 Å². The van der Waals surface area contributed by atoms with Crippen molar-refractivity contribution in [2.45, 2.75) is 19.6 Å². The second-order valence-electron chi connectivity index (χ2n) is 6.42. The highest BCUT2D eigenvalue weighted by atomic mass is 32.1. The molecule has 0 atom stereocenters. The van der Waals surface area contributed by atoms with Crippen LogP contribution in [-0.4, -0.2) is 25.5 Å². The molecule has 0 bridgehead atoms. The first-order valence-corrected chi connectivity index (χ1v) is 10.1. The first kappa shape index (κ1) is 19.5. The van der Waals surface area contributed by atoms with Gasteiger partial charge in [0.15, 0.2) is 17.4 Å². The third-order valence-electron chi connectivity index (χ3n) is 4.38. The maximum atomic E-state index is 10.8. The molecule has 0 saturated carbocycles. The Bertz CT molecular complexity index is 1150. The summed E-state index contributed by atoms with van der Waals surface area (Å²) in [7, 11) is 0. The Morgan fingerprint density at radius 2 is 1.90 bits per heavy atom. The number of benzene rings is 1. The van der Waals surface area contributed by atoms with Crippen molar-refractivity contribution in [2.75, 3.05) is 0 Å². The number of nitrogens with one attached hydrogen (secondary N) is 2. The number of rotatable bonds is 7. The lowest BCUT2D eigenvalue weighted by atomic mass is 10.2. The molecule has 9 nitrogen and oxygen atoms in total. The summed E-state index contributed by atoms with van der Waals surface area (Å²) in [5.74, 6) is 1.39. The Hall–Kier alpha value is -3.79. The van der Waals surface area contributed by atoms with Gasteiger partial charge in [0.05, 0.1) is 24.6 Å². The summed E-state index contributed by atoms with van der Waals surface area (Å²) >= 11 is 1.67. The number of pyridine rings is 1. The number of nitro groups is 1. The van der Waals surface area contributed by atoms with Crippen molar-refractivity contribution >= 4 is 28.6 Å². The highest BCUT2D eigenvalue weighted by Gasteiger charge is 2.07. The van der Waals surface area contributed by atoms with Gasteiger partial charge in [-0.15, -0.1) is 21.5 Å². The fourth-order valence-electron chi connectivity index (χ4n) is 2.83. The van der Waals surface area contributed by atoms with E-state index < -0.39 is 4.92 Å². The van der Waals surface area contributed by atoms with Gasteiger partial charge in [-0.25, -0.2) is 4.99 Å². The molecule has 152 valence electrons. The predicted molar refractivity (Wildman–Crippen MR) is 115 cm³/mol. The van der Waals surface area contributed by atoms with E-state index in [1.54, 1.807) is 23.5 Å². The van der Waals surface area contributed by atoms with Crippen LogP contribution >= 0.6 is 11.3 Å². The van der Waals surface area contributed by atoms with Gasteiger partial charge in [0.2, 0.25) is 0 Å². The molecule has 1 aromatic carbocycles. The highest BCUT2D eigenvalue weighted by Crippen LogP contribution is 2.13. The van der Waals surface area contributed by atoms with Gasteiger partial charge in [-0.1, -0.05) is 24.3 Å². The van der Waals surface area contributed by atoms with Crippen molar-refractivity contribution in [3.8, 4) is 0 Å². The van der Waals surface area contributed by atoms with E-state index in [1.807, 2.05) is 40.2 Å². The molecule has 0 spiro atoms. The number of thiophene rings is 1. The third-order valence-corrected chi connectivity index (χ3v) is 5.25. The van der Waals surface area contributed by atoms with Gasteiger partial charge in [0.25, 0.3) is 5.69 Å². The van der Waals surface area contributed by atoms with Crippen LogP contribution in [0.5, 0.6) is 0 Å². The van der Waals surface area contributed by atoms with Crippen LogP contribution in [-0.2, 0) is 19.6 Å². The van der Waals surface area contributed by atoms with Crippen LogP contribution in [0.2, 0.25) is 0 Å². The van der Waals surface area contributed by atoms with Crippen LogP contribution in [0.25, 0.3) is 5.65 Å². The molecule has 10 heteroatoms. The summed E-state index contributed by atoms with van der Waals surface area (Å²) in [6.45, 7) is 1.48. The fraction of sp³-hybridized carbons (Fsp3) is 0.150. The number of nitrogens with zero attached hydrogens (tertiary/aromatic N) is 5. The summed E-state index contributed by atoms with van der Waals surface area (Å²) in [6, 6.07) is 16.2. The molecule has 3 heterocycles. The lowest BCUT2D eigenvalue weighted by Gasteiger charge is -2.11. The molecule has 0 saturated heterocycles. The summed E-state index contributed by atoms with van der Waals surface area (Å²) < 4.78 is 1.92. The molecule has 0 aliphatic heterocycles. The zero-order valence-electron chi connectivity index (χ0n) is 15.9. The highest BCUT2D eigenvalue weighted by molar-refractivity contribution is 7.09. The minimum absolute atomic E-state index is 0.0654. The zero-order valence-corrected chi connectivity index (χ0v) is 16.7. The van der Waals surface area contributed by atoms with E-state index in [2.05, 4.69) is 31.9 Å². The van der Waals surface area contributed by atoms with Crippen molar-refractivity contribution in [3.63, 3.8) is 0 Å². The number of aliphatic imine (C=N–C) groups is 1. The Morgan fingerprint density at radius 1 is 1.07 bits per heavy atom. The largest absolute Gasteiger partial charge is 0.351 e. The van der Waals surface area contributed by atoms with E-state index >= 15 is 0 Å². The van der Waals surface area contributed by atoms with Crippen molar-refractivity contribution < 1.29 is 4.92 Å². The lowest BCUT2D eigenvalue weighted by Crippen LogP contribution is -2.36. The Kier molecular flexibility index (Phi) is 5.95. The van der Waals surface area contributed by atoms with Crippen LogP contribution in [0.1, 0.15) is 16.3 Å². The average molecular weight is 421 g/mol. The maximum Gasteiger partial charge on any atom is 0.269 e. The number of aromatic nitrogens is 3. The minimum Gasteiger partial charge on any atom is -0.351 e. The summed E-state index contributed by atoms with van der Waals surface area (Å²) in [5, 5.41) is 27.8. The summed E-state index contributed by atoms with van der Waals surface area (Å²) in [4.78, 5) is 16.2. The van der Waals surface area contributed by atoms with Gasteiger partial charge in [-0.3, -0.25) is 14.5 Å². The smallest absolute Gasteiger partial charge is 0.269 e. The van der Waals surface area contributed by atoms with Crippen molar-refractivity contribution in [1.82, 2.24) is 25.2 Å². The molecule has 0 aliphatic rings. The zero-order chi connectivity index (χ0) is 20.8. The Labute approximate surface area is 176 Å². The summed E-state index contributed by atoms with van der Waals surface area (Å²) in [6.07, 6.45) is 1.92. The van der Waals surface area contributed by atoms with Crippen LogP contribution < -0.4 is 10.6 Å². The number of nitro benzene ring substituents is 1. The molecule has 0 radical (unpaired) electrons. The number of hydrogen-bond acceptors (Lipinski definition) is 6. The molecule has 4 rings (SSSR count). The number of fused-ring (bicyclic) bond motifs is 1. The normalized spacial score (nSPS) is 11.5. The van der Waals surface area contributed by atoms with Gasteiger partial charge in [-0.2, -0.15) is 0 Å². The third kappa shape index (κ3) is 4.78. The molecule has 2 N–H and O–H groups in total. The van der Waals surface area contributed by atoms with Gasteiger partial charge < -0.3 is 10.6 Å². The second-order valence-corrected chi connectivity index (χ2v) is 7.45. The van der Waals surface area contributed by atoms with Crippen LogP contribution in [0.3, 0.4) is 0 Å². The standard InChI is InChI=1S/C20H19N7O2S/c28-27(29)16-8-6-15(7-9-16)12-21-20(22-13-17-4-3-11-30-17)23-14-19-25-24-18-5-1-2-10-26(18)19/h1-11H,12-14H2,(H2,21,22,23). The Morgan fingerprint density at radius 3 is 2.67 bits per heavy atom. The van der Waals surface area contributed by atoms with Crippen molar-refractivity contribution in [2.24, 2.45) is 4.99 Å². The van der Waals surface area contributed by atoms with Crippen LogP contribution in [0.4, 0.5) is 5.69 Å². The lowest BCUT2D eigenvalue weighted by molar-refractivity contribution is -0.384. The van der Waals surface area contributed by atoms with E-state index in [-0.39, 0.29) is 5.69 Å². The molecule has 0 aliphatic carbocycles. The molecular formula is C20H19N7O2S. The topological polar surface area (TPSA) is 110 Å². The molecule has 0 unspecified atom stereocenters. The fourth-order valence-corrected chi connectivity index (χ4v) is 3.47. The van der Waals surface area contributed by atoms with Crippen LogP contribution in [0, 0.1) is 10.1 Å². The molecule has 3 aromatic heterocycles. The Balaban J connectivity index is 1.46. The molecule has 0 fully saturated rings. The van der Waals surface area contributed by atoms with Gasteiger partial charge in [0, 0.05) is 23.2 Å². The predicted octanol–water partition coefficient (Wildman–Crippen LogP) is 3.13. The molecule has 0 amide bonds. The van der Waals surface area contributed by atoms with E-state index in [0.717, 1.165) is 17.0 Å². The van der Waals surface area contributed by atoms with Crippen molar-refractivity contribution in [3.05, 3.63) is 92.6 Å². The second kappa shape index (κ2) is 9.14. The number of guanidine groups is 1. The molecular weight excluding hydrogens is 402 g/mol. The first-order valence-electron chi connectivity index (χ1n) is 9.25. The van der Waals surface area contributed by atoms with Gasteiger partial charge >= 0.3 is 0 Å². The monoisotopic (exact) mass is 421 g/mol. The van der Waals surface area contributed by atoms with Crippen molar-refractivity contribution in [1.29, 1.82) is 0 Å². The summed E-state index contributed by atoms with van der Waals surface area (Å²) in [5.41, 5.74) is 1.73. The van der Waals surface area contributed by atoms with Gasteiger partial charge in [-0.05, 0) is 29.1 Å². The molecule has 4 aromatic rings. The minimum atomic E-state index is -0.411. The average Bonchev–Trinajstić information content (AvgIpc) is 3.43. The quantitative estimate of drug-likeness (QED) is 0.205. The number of non-ortho nitro benzene ring substituents is 1. The SMILES string of the molecule is O=[N+]([O-])c1ccc(CN=C(NCc2cccs2)NCc2nnc3ccccn23)cc1. The van der Waals surface area contributed by atoms with Crippen LogP contribution in [0.15, 0.2) is 71.2 Å². The van der Waals surface area contributed by atoms with E-state index in [1.165, 1.54) is 17.0 Å². The van der Waals surface area contributed by atoms with E-state index in [0.29, 0.717) is 25.6 Å².